The zero-order valence-corrected chi connectivity index (χ0v) is 17.8. The molecule has 152 valence electrons. The minimum Gasteiger partial charge on any atom is -0.0776 e. The molecule has 0 atom stereocenters. The fraction of sp³-hybridized carbons (Fsp3) is 0.538. The van der Waals surface area contributed by atoms with Crippen LogP contribution in [0, 0.1) is 13.8 Å². The molecule has 0 aliphatic carbocycles. The van der Waals surface area contributed by atoms with Crippen molar-refractivity contribution in [3.05, 3.63) is 70.8 Å². The van der Waals surface area contributed by atoms with Crippen molar-refractivity contribution < 1.29 is 0 Å². The van der Waals surface area contributed by atoms with Gasteiger partial charge in [-0.1, -0.05) is 130 Å². The normalized spacial score (nSPS) is 8.46. The SMILES string of the molecule is C.C.CC.CC.Cc1ccc(C(C)C)cc1.Cc1cccc(C(C)C)c1. The van der Waals surface area contributed by atoms with E-state index in [4.69, 9.17) is 0 Å². The molecule has 0 amide bonds. The molecular weight excluding hydrogens is 312 g/mol. The molecule has 2 rings (SSSR count). The molecule has 0 N–H and O–H groups in total. The van der Waals surface area contributed by atoms with Crippen LogP contribution in [0.2, 0.25) is 0 Å². The van der Waals surface area contributed by atoms with Crippen molar-refractivity contribution in [1.29, 1.82) is 0 Å². The van der Waals surface area contributed by atoms with E-state index in [2.05, 4.69) is 90.1 Å². The molecule has 0 heteroatoms. The van der Waals surface area contributed by atoms with Gasteiger partial charge in [0.1, 0.15) is 0 Å². The third kappa shape index (κ3) is 14.8. The number of hydrogen-bond donors (Lipinski definition) is 0. The molecule has 2 aromatic rings. The molecule has 0 heterocycles. The van der Waals surface area contributed by atoms with Crippen LogP contribution in [0.25, 0.3) is 0 Å². The van der Waals surface area contributed by atoms with Gasteiger partial charge in [-0.05, 0) is 36.8 Å². The lowest BCUT2D eigenvalue weighted by Gasteiger charge is -2.04. The number of aryl methyl sites for hydroxylation is 2. The highest BCUT2D eigenvalue weighted by molar-refractivity contribution is 5.24. The van der Waals surface area contributed by atoms with E-state index in [9.17, 15) is 0 Å². The minimum atomic E-state index is 0. The first-order valence-electron chi connectivity index (χ1n) is 9.53. The molecule has 2 aromatic carbocycles. The van der Waals surface area contributed by atoms with Crippen molar-refractivity contribution in [2.45, 2.75) is 95.9 Å². The summed E-state index contributed by atoms with van der Waals surface area (Å²) in [4.78, 5) is 0. The van der Waals surface area contributed by atoms with Crippen LogP contribution >= 0.6 is 0 Å². The third-order valence-electron chi connectivity index (χ3n) is 3.45. The summed E-state index contributed by atoms with van der Waals surface area (Å²) >= 11 is 0. The Bertz CT molecular complexity index is 504. The fourth-order valence-electron chi connectivity index (χ4n) is 1.98. The molecular formula is C26H48. The van der Waals surface area contributed by atoms with Crippen molar-refractivity contribution in [1.82, 2.24) is 0 Å². The lowest BCUT2D eigenvalue weighted by atomic mass is 10.0. The lowest BCUT2D eigenvalue weighted by molar-refractivity contribution is 0.865. The predicted octanol–water partition coefficient (Wildman–Crippen LogP) is 9.56. The van der Waals surface area contributed by atoms with Crippen LogP contribution in [0.15, 0.2) is 48.5 Å². The molecule has 0 spiro atoms. The van der Waals surface area contributed by atoms with Gasteiger partial charge in [0.25, 0.3) is 0 Å². The average Bonchev–Trinajstić information content (AvgIpc) is 2.59. The minimum absolute atomic E-state index is 0. The first-order chi connectivity index (χ1) is 11.4. The Balaban J connectivity index is -0.000000147. The Morgan fingerprint density at radius 2 is 0.962 bits per heavy atom. The zero-order valence-electron chi connectivity index (χ0n) is 17.8. The van der Waals surface area contributed by atoms with Gasteiger partial charge in [-0.2, -0.15) is 0 Å². The summed E-state index contributed by atoms with van der Waals surface area (Å²) in [5.41, 5.74) is 5.54. The fourth-order valence-corrected chi connectivity index (χ4v) is 1.98. The highest BCUT2D eigenvalue weighted by atomic mass is 14.0. The van der Waals surface area contributed by atoms with Gasteiger partial charge in [-0.3, -0.25) is 0 Å². The molecule has 0 aliphatic heterocycles. The topological polar surface area (TPSA) is 0 Å². The van der Waals surface area contributed by atoms with E-state index in [0.717, 1.165) is 0 Å². The van der Waals surface area contributed by atoms with E-state index in [1.54, 1.807) is 0 Å². The largest absolute Gasteiger partial charge is 0.0776 e. The predicted molar refractivity (Wildman–Crippen MR) is 127 cm³/mol. The Kier molecular flexibility index (Phi) is 24.4. The maximum absolute atomic E-state index is 2.24. The highest BCUT2D eigenvalue weighted by Gasteiger charge is 1.96. The molecule has 0 fully saturated rings. The molecule has 0 radical (unpaired) electrons. The molecule has 0 saturated heterocycles. The van der Waals surface area contributed by atoms with Crippen LogP contribution < -0.4 is 0 Å². The van der Waals surface area contributed by atoms with Crippen molar-refractivity contribution >= 4 is 0 Å². The molecule has 0 nitrogen and oxygen atoms in total. The second-order valence-electron chi connectivity index (χ2n) is 6.13. The van der Waals surface area contributed by atoms with Crippen molar-refractivity contribution in [3.8, 4) is 0 Å². The van der Waals surface area contributed by atoms with Crippen LogP contribution in [-0.4, -0.2) is 0 Å². The summed E-state index contributed by atoms with van der Waals surface area (Å²) in [6, 6.07) is 17.4. The smallest absolute Gasteiger partial charge is 0.0219 e. The molecule has 0 bridgehead atoms. The highest BCUT2D eigenvalue weighted by Crippen LogP contribution is 2.14. The first kappa shape index (κ1) is 32.1. The Hall–Kier alpha value is -1.56. The van der Waals surface area contributed by atoms with E-state index in [-0.39, 0.29) is 14.9 Å². The van der Waals surface area contributed by atoms with Crippen molar-refractivity contribution in [2.75, 3.05) is 0 Å². The maximum Gasteiger partial charge on any atom is -0.0219 e. The number of rotatable bonds is 2. The summed E-state index contributed by atoms with van der Waals surface area (Å²) in [5.74, 6) is 1.31. The molecule has 0 unspecified atom stereocenters. The Morgan fingerprint density at radius 3 is 1.27 bits per heavy atom. The lowest BCUT2D eigenvalue weighted by Crippen LogP contribution is -1.86. The molecule has 26 heavy (non-hydrogen) atoms. The Morgan fingerprint density at radius 1 is 0.538 bits per heavy atom. The van der Waals surface area contributed by atoms with Gasteiger partial charge in [0.15, 0.2) is 0 Å². The van der Waals surface area contributed by atoms with E-state index in [0.29, 0.717) is 11.8 Å². The van der Waals surface area contributed by atoms with Gasteiger partial charge in [0, 0.05) is 0 Å². The van der Waals surface area contributed by atoms with Gasteiger partial charge in [0.05, 0.1) is 0 Å². The van der Waals surface area contributed by atoms with Gasteiger partial charge >= 0.3 is 0 Å². The van der Waals surface area contributed by atoms with Crippen molar-refractivity contribution in [2.24, 2.45) is 0 Å². The van der Waals surface area contributed by atoms with Crippen LogP contribution in [-0.2, 0) is 0 Å². The summed E-state index contributed by atoms with van der Waals surface area (Å²) in [7, 11) is 0. The van der Waals surface area contributed by atoms with E-state index >= 15 is 0 Å². The monoisotopic (exact) mass is 360 g/mol. The summed E-state index contributed by atoms with van der Waals surface area (Å²) in [5, 5.41) is 0. The van der Waals surface area contributed by atoms with Crippen LogP contribution in [0.5, 0.6) is 0 Å². The standard InChI is InChI=1S/2C10H14.2C2H6.2CH4/c1-8(2)10-6-4-9(3)5-7-10;1-8(2)10-6-4-5-9(3)7-10;2*1-2;;/h2*4-8H,1-3H3;2*1-2H3;2*1H4. The Labute approximate surface area is 167 Å². The van der Waals surface area contributed by atoms with Gasteiger partial charge in [-0.25, -0.2) is 0 Å². The maximum atomic E-state index is 2.24. The van der Waals surface area contributed by atoms with E-state index in [1.807, 2.05) is 27.7 Å². The first-order valence-corrected chi connectivity index (χ1v) is 9.53. The van der Waals surface area contributed by atoms with Gasteiger partial charge in [0.2, 0.25) is 0 Å². The van der Waals surface area contributed by atoms with Gasteiger partial charge < -0.3 is 0 Å². The molecule has 0 saturated carbocycles. The summed E-state index contributed by atoms with van der Waals surface area (Å²) in [6.07, 6.45) is 0. The second kappa shape index (κ2) is 19.8. The summed E-state index contributed by atoms with van der Waals surface area (Å²) in [6.45, 7) is 21.1. The van der Waals surface area contributed by atoms with Crippen molar-refractivity contribution in [3.63, 3.8) is 0 Å². The average molecular weight is 361 g/mol. The quantitative estimate of drug-likeness (QED) is 0.500. The number of hydrogen-bond acceptors (Lipinski definition) is 0. The van der Waals surface area contributed by atoms with E-state index < -0.39 is 0 Å². The van der Waals surface area contributed by atoms with Crippen LogP contribution in [0.4, 0.5) is 0 Å². The number of benzene rings is 2. The third-order valence-corrected chi connectivity index (χ3v) is 3.45. The van der Waals surface area contributed by atoms with Crippen LogP contribution in [0.1, 0.15) is 104 Å². The molecule has 0 aliphatic rings. The van der Waals surface area contributed by atoms with Crippen LogP contribution in [0.3, 0.4) is 0 Å². The van der Waals surface area contributed by atoms with E-state index in [1.165, 1.54) is 22.3 Å². The van der Waals surface area contributed by atoms with Gasteiger partial charge in [-0.15, -0.1) is 0 Å². The summed E-state index contributed by atoms with van der Waals surface area (Å²) < 4.78 is 0. The zero-order chi connectivity index (χ0) is 19.1. The second-order valence-corrected chi connectivity index (χ2v) is 6.13. The molecule has 0 aromatic heterocycles.